The Morgan fingerprint density at radius 1 is 1.14 bits per heavy atom. The highest BCUT2D eigenvalue weighted by atomic mass is 15.5. The summed E-state index contributed by atoms with van der Waals surface area (Å²) in [5.74, 6) is 1.71. The Balaban J connectivity index is 1.42. The second kappa shape index (κ2) is 5.58. The summed E-state index contributed by atoms with van der Waals surface area (Å²) in [6, 6.07) is 10.1. The number of hydrogen-bond donors (Lipinski definition) is 1. The SMILES string of the molecule is c1ccc(-n2ncc(CN3CCC4CNCC4C3)n2)cc1. The molecule has 2 unspecified atom stereocenters. The van der Waals surface area contributed by atoms with Crippen molar-refractivity contribution in [2.45, 2.75) is 13.0 Å². The molecule has 2 saturated heterocycles. The van der Waals surface area contributed by atoms with Gasteiger partial charge in [0.15, 0.2) is 0 Å². The smallest absolute Gasteiger partial charge is 0.0971 e. The largest absolute Gasteiger partial charge is 0.316 e. The van der Waals surface area contributed by atoms with E-state index < -0.39 is 0 Å². The molecule has 2 aliphatic rings. The Labute approximate surface area is 125 Å². The highest BCUT2D eigenvalue weighted by Crippen LogP contribution is 2.27. The van der Waals surface area contributed by atoms with E-state index in [1.54, 1.807) is 4.80 Å². The van der Waals surface area contributed by atoms with E-state index in [1.165, 1.54) is 32.6 Å². The van der Waals surface area contributed by atoms with Gasteiger partial charge in [0.05, 0.1) is 17.6 Å². The van der Waals surface area contributed by atoms with E-state index in [1.807, 2.05) is 36.5 Å². The van der Waals surface area contributed by atoms with Crippen LogP contribution in [0.3, 0.4) is 0 Å². The number of piperidine rings is 1. The molecule has 0 bridgehead atoms. The molecule has 4 rings (SSSR count). The van der Waals surface area contributed by atoms with Crippen LogP contribution in [0.1, 0.15) is 12.1 Å². The molecule has 5 heteroatoms. The van der Waals surface area contributed by atoms with Crippen LogP contribution in [0.4, 0.5) is 0 Å². The summed E-state index contributed by atoms with van der Waals surface area (Å²) in [6.07, 6.45) is 3.20. The van der Waals surface area contributed by atoms with Crippen molar-refractivity contribution in [1.29, 1.82) is 0 Å². The summed E-state index contributed by atoms with van der Waals surface area (Å²) in [5, 5.41) is 12.5. The van der Waals surface area contributed by atoms with Crippen LogP contribution >= 0.6 is 0 Å². The molecule has 0 radical (unpaired) electrons. The summed E-state index contributed by atoms with van der Waals surface area (Å²) >= 11 is 0. The van der Waals surface area contributed by atoms with Crippen LogP contribution in [0, 0.1) is 11.8 Å². The Kier molecular flexibility index (Phi) is 3.45. The summed E-state index contributed by atoms with van der Waals surface area (Å²) in [6.45, 7) is 5.67. The van der Waals surface area contributed by atoms with Crippen LogP contribution in [0.15, 0.2) is 36.5 Å². The fourth-order valence-electron chi connectivity index (χ4n) is 3.54. The molecular formula is C16H21N5. The minimum Gasteiger partial charge on any atom is -0.316 e. The molecule has 2 atom stereocenters. The zero-order chi connectivity index (χ0) is 14.1. The Morgan fingerprint density at radius 2 is 2.00 bits per heavy atom. The molecule has 0 saturated carbocycles. The van der Waals surface area contributed by atoms with Gasteiger partial charge in [-0.15, -0.1) is 0 Å². The van der Waals surface area contributed by atoms with Gasteiger partial charge >= 0.3 is 0 Å². The minimum absolute atomic E-state index is 0.822. The van der Waals surface area contributed by atoms with Gasteiger partial charge in [0, 0.05) is 13.1 Å². The lowest BCUT2D eigenvalue weighted by atomic mass is 9.89. The van der Waals surface area contributed by atoms with E-state index >= 15 is 0 Å². The quantitative estimate of drug-likeness (QED) is 0.922. The third-order valence-corrected chi connectivity index (χ3v) is 4.70. The standard InChI is InChI=1S/C16H21N5/c1-2-4-16(5-3-1)21-18-10-15(19-21)12-20-7-6-13-8-17-9-14(13)11-20/h1-5,10,13-14,17H,6-9,11-12H2. The molecular weight excluding hydrogens is 262 g/mol. The summed E-state index contributed by atoms with van der Waals surface area (Å²) in [7, 11) is 0. The number of rotatable bonds is 3. The van der Waals surface area contributed by atoms with Crippen LogP contribution < -0.4 is 5.32 Å². The van der Waals surface area contributed by atoms with Crippen molar-refractivity contribution in [3.05, 3.63) is 42.2 Å². The zero-order valence-electron chi connectivity index (χ0n) is 12.2. The van der Waals surface area contributed by atoms with E-state index in [-0.39, 0.29) is 0 Å². The number of hydrogen-bond acceptors (Lipinski definition) is 4. The van der Waals surface area contributed by atoms with Gasteiger partial charge in [-0.2, -0.15) is 15.0 Å². The number of likely N-dealkylation sites (tertiary alicyclic amines) is 1. The first-order valence-corrected chi connectivity index (χ1v) is 7.78. The second-order valence-corrected chi connectivity index (χ2v) is 6.16. The number of nitrogens with one attached hydrogen (secondary N) is 1. The lowest BCUT2D eigenvalue weighted by molar-refractivity contribution is 0.140. The van der Waals surface area contributed by atoms with Crippen molar-refractivity contribution in [2.24, 2.45) is 11.8 Å². The highest BCUT2D eigenvalue weighted by Gasteiger charge is 2.32. The molecule has 0 aliphatic carbocycles. The van der Waals surface area contributed by atoms with Crippen molar-refractivity contribution in [2.75, 3.05) is 26.2 Å². The fraction of sp³-hybridized carbons (Fsp3) is 0.500. The molecule has 2 aliphatic heterocycles. The van der Waals surface area contributed by atoms with Crippen molar-refractivity contribution >= 4 is 0 Å². The topological polar surface area (TPSA) is 46.0 Å². The van der Waals surface area contributed by atoms with Crippen LogP contribution in [-0.2, 0) is 6.54 Å². The molecule has 3 heterocycles. The van der Waals surface area contributed by atoms with E-state index in [2.05, 4.69) is 20.4 Å². The maximum atomic E-state index is 4.61. The Bertz CT molecular complexity index is 594. The zero-order valence-corrected chi connectivity index (χ0v) is 12.2. The van der Waals surface area contributed by atoms with Gasteiger partial charge < -0.3 is 5.32 Å². The van der Waals surface area contributed by atoms with Crippen LogP contribution in [0.2, 0.25) is 0 Å². The molecule has 1 aromatic heterocycles. The Hall–Kier alpha value is -1.72. The maximum absolute atomic E-state index is 4.61. The predicted octanol–water partition coefficient (Wildman–Crippen LogP) is 1.31. The van der Waals surface area contributed by atoms with Gasteiger partial charge in [-0.25, -0.2) is 0 Å². The van der Waals surface area contributed by atoms with Crippen LogP contribution in [0.25, 0.3) is 5.69 Å². The molecule has 0 amide bonds. The average molecular weight is 283 g/mol. The molecule has 2 fully saturated rings. The number of aromatic nitrogens is 3. The van der Waals surface area contributed by atoms with E-state index in [9.17, 15) is 0 Å². The van der Waals surface area contributed by atoms with Crippen LogP contribution in [-0.4, -0.2) is 46.1 Å². The normalized spacial score (nSPS) is 25.9. The molecule has 2 aromatic rings. The molecule has 1 aromatic carbocycles. The third kappa shape index (κ3) is 2.71. The number of benzene rings is 1. The summed E-state index contributed by atoms with van der Waals surface area (Å²) < 4.78 is 0. The average Bonchev–Trinajstić information content (AvgIpc) is 3.17. The summed E-state index contributed by atoms with van der Waals surface area (Å²) in [4.78, 5) is 4.24. The number of nitrogens with zero attached hydrogens (tertiary/aromatic N) is 4. The van der Waals surface area contributed by atoms with Gasteiger partial charge in [-0.3, -0.25) is 4.90 Å². The van der Waals surface area contributed by atoms with E-state index in [0.717, 1.165) is 29.8 Å². The lowest BCUT2D eigenvalue weighted by Crippen LogP contribution is -2.39. The van der Waals surface area contributed by atoms with Crippen molar-refractivity contribution < 1.29 is 0 Å². The lowest BCUT2D eigenvalue weighted by Gasteiger charge is -2.33. The molecule has 0 spiro atoms. The van der Waals surface area contributed by atoms with Gasteiger partial charge in [0.2, 0.25) is 0 Å². The van der Waals surface area contributed by atoms with Crippen molar-refractivity contribution in [3.8, 4) is 5.69 Å². The molecule has 21 heavy (non-hydrogen) atoms. The van der Waals surface area contributed by atoms with E-state index in [0.29, 0.717) is 0 Å². The van der Waals surface area contributed by atoms with Crippen molar-refractivity contribution in [1.82, 2.24) is 25.2 Å². The number of para-hydroxylation sites is 1. The van der Waals surface area contributed by atoms with Gasteiger partial charge in [0.25, 0.3) is 0 Å². The van der Waals surface area contributed by atoms with Gasteiger partial charge in [-0.1, -0.05) is 18.2 Å². The third-order valence-electron chi connectivity index (χ3n) is 4.70. The molecule has 110 valence electrons. The first-order chi connectivity index (χ1) is 10.4. The first kappa shape index (κ1) is 13.0. The maximum Gasteiger partial charge on any atom is 0.0971 e. The van der Waals surface area contributed by atoms with Crippen molar-refractivity contribution in [3.63, 3.8) is 0 Å². The first-order valence-electron chi connectivity index (χ1n) is 7.78. The highest BCUT2D eigenvalue weighted by molar-refractivity contribution is 5.28. The monoisotopic (exact) mass is 283 g/mol. The predicted molar refractivity (Wildman–Crippen MR) is 81.1 cm³/mol. The Morgan fingerprint density at radius 3 is 2.90 bits per heavy atom. The fourth-order valence-corrected chi connectivity index (χ4v) is 3.54. The van der Waals surface area contributed by atoms with Gasteiger partial charge in [-0.05, 0) is 50.0 Å². The number of fused-ring (bicyclic) bond motifs is 1. The minimum atomic E-state index is 0.822. The molecule has 1 N–H and O–H groups in total. The van der Waals surface area contributed by atoms with E-state index in [4.69, 9.17) is 0 Å². The second-order valence-electron chi connectivity index (χ2n) is 6.16. The summed E-state index contributed by atoms with van der Waals surface area (Å²) in [5.41, 5.74) is 2.07. The van der Waals surface area contributed by atoms with Gasteiger partial charge in [0.1, 0.15) is 0 Å². The molecule has 5 nitrogen and oxygen atoms in total. The van der Waals surface area contributed by atoms with Crippen LogP contribution in [0.5, 0.6) is 0 Å².